The first-order chi connectivity index (χ1) is 16.0. The standard InChI is InChI=1S/C25H22N4O3S/c30-24(23-10-5-4-9-20(23)12-11-19-7-2-1-3-8-19)28-21-13-15-22(16-14-21)33(31,32)29-25-26-17-6-18-27-25/h1-10,13-18H,11-12H2,(H,28,30)(H,26,27,29). The van der Waals surface area contributed by atoms with Crippen LogP contribution in [0.25, 0.3) is 0 Å². The number of carbonyl (C=O) groups excluding carboxylic acids is 1. The van der Waals surface area contributed by atoms with Gasteiger partial charge in [0.15, 0.2) is 0 Å². The van der Waals surface area contributed by atoms with Gasteiger partial charge in [0.05, 0.1) is 4.90 Å². The van der Waals surface area contributed by atoms with Crippen LogP contribution in [-0.2, 0) is 22.9 Å². The summed E-state index contributed by atoms with van der Waals surface area (Å²) in [6, 6.07) is 25.1. The normalized spacial score (nSPS) is 11.0. The number of aromatic nitrogens is 2. The fourth-order valence-electron chi connectivity index (χ4n) is 3.33. The Morgan fingerprint density at radius 2 is 1.42 bits per heavy atom. The Labute approximate surface area is 192 Å². The van der Waals surface area contributed by atoms with Crippen molar-refractivity contribution in [3.8, 4) is 0 Å². The molecule has 1 amide bonds. The van der Waals surface area contributed by atoms with Crippen LogP contribution >= 0.6 is 0 Å². The lowest BCUT2D eigenvalue weighted by Crippen LogP contribution is -2.16. The van der Waals surface area contributed by atoms with Gasteiger partial charge >= 0.3 is 0 Å². The van der Waals surface area contributed by atoms with Gasteiger partial charge in [-0.15, -0.1) is 0 Å². The molecule has 2 N–H and O–H groups in total. The summed E-state index contributed by atoms with van der Waals surface area (Å²) in [5.41, 5.74) is 3.24. The zero-order valence-electron chi connectivity index (χ0n) is 17.7. The van der Waals surface area contributed by atoms with Gasteiger partial charge in [-0.2, -0.15) is 0 Å². The van der Waals surface area contributed by atoms with Gasteiger partial charge in [0, 0.05) is 23.6 Å². The van der Waals surface area contributed by atoms with Crippen LogP contribution in [0.4, 0.5) is 11.6 Å². The predicted molar refractivity (Wildman–Crippen MR) is 128 cm³/mol. The second kappa shape index (κ2) is 10.1. The lowest BCUT2D eigenvalue weighted by molar-refractivity contribution is 0.102. The van der Waals surface area contributed by atoms with Crippen molar-refractivity contribution < 1.29 is 13.2 Å². The van der Waals surface area contributed by atoms with Crippen molar-refractivity contribution in [3.63, 3.8) is 0 Å². The highest BCUT2D eigenvalue weighted by atomic mass is 32.2. The molecule has 0 saturated carbocycles. The Hall–Kier alpha value is -4.04. The highest BCUT2D eigenvalue weighted by Gasteiger charge is 2.16. The Morgan fingerprint density at radius 1 is 0.758 bits per heavy atom. The minimum atomic E-state index is -3.84. The fraction of sp³-hybridized carbons (Fsp3) is 0.0800. The van der Waals surface area contributed by atoms with Crippen LogP contribution in [0.2, 0.25) is 0 Å². The van der Waals surface area contributed by atoms with Crippen molar-refractivity contribution in [3.05, 3.63) is 114 Å². The van der Waals surface area contributed by atoms with Crippen molar-refractivity contribution >= 4 is 27.6 Å². The summed E-state index contributed by atoms with van der Waals surface area (Å²) in [5.74, 6) is -0.257. The lowest BCUT2D eigenvalue weighted by atomic mass is 9.99. The highest BCUT2D eigenvalue weighted by molar-refractivity contribution is 7.92. The van der Waals surface area contributed by atoms with Crippen molar-refractivity contribution in [2.75, 3.05) is 10.0 Å². The van der Waals surface area contributed by atoms with E-state index in [-0.39, 0.29) is 16.8 Å². The molecular formula is C25H22N4O3S. The summed E-state index contributed by atoms with van der Waals surface area (Å²) < 4.78 is 27.3. The number of nitrogens with zero attached hydrogens (tertiary/aromatic N) is 2. The van der Waals surface area contributed by atoms with Crippen LogP contribution in [0.5, 0.6) is 0 Å². The zero-order valence-corrected chi connectivity index (χ0v) is 18.5. The molecule has 0 aliphatic heterocycles. The minimum Gasteiger partial charge on any atom is -0.322 e. The summed E-state index contributed by atoms with van der Waals surface area (Å²) in [4.78, 5) is 20.7. The first-order valence-electron chi connectivity index (χ1n) is 10.3. The maximum atomic E-state index is 12.9. The summed E-state index contributed by atoms with van der Waals surface area (Å²) in [6.45, 7) is 0. The summed E-state index contributed by atoms with van der Waals surface area (Å²) in [7, 11) is -3.84. The average molecular weight is 459 g/mol. The lowest BCUT2D eigenvalue weighted by Gasteiger charge is -2.11. The molecule has 0 fully saturated rings. The molecule has 33 heavy (non-hydrogen) atoms. The van der Waals surface area contributed by atoms with Crippen LogP contribution in [0.1, 0.15) is 21.5 Å². The summed E-state index contributed by atoms with van der Waals surface area (Å²) in [5, 5.41) is 2.85. The van der Waals surface area contributed by atoms with Crippen molar-refractivity contribution in [1.82, 2.24) is 9.97 Å². The van der Waals surface area contributed by atoms with E-state index < -0.39 is 10.0 Å². The van der Waals surface area contributed by atoms with Gasteiger partial charge in [-0.05, 0) is 60.4 Å². The maximum Gasteiger partial charge on any atom is 0.264 e. The summed E-state index contributed by atoms with van der Waals surface area (Å²) >= 11 is 0. The third-order valence-electron chi connectivity index (χ3n) is 5.00. The van der Waals surface area contributed by atoms with E-state index in [0.29, 0.717) is 11.3 Å². The van der Waals surface area contributed by atoms with Crippen LogP contribution < -0.4 is 10.0 Å². The first kappa shape index (κ1) is 22.2. The Balaban J connectivity index is 1.44. The Morgan fingerprint density at radius 3 is 2.15 bits per heavy atom. The minimum absolute atomic E-state index is 0.0120. The first-order valence-corrected chi connectivity index (χ1v) is 11.8. The molecule has 3 aromatic carbocycles. The fourth-order valence-corrected chi connectivity index (χ4v) is 4.29. The molecule has 1 heterocycles. The number of anilines is 2. The molecule has 0 unspecified atom stereocenters. The predicted octanol–water partition coefficient (Wildman–Crippen LogP) is 4.31. The van der Waals surface area contributed by atoms with E-state index in [1.54, 1.807) is 24.3 Å². The van der Waals surface area contributed by atoms with Gasteiger partial charge in [0.2, 0.25) is 5.95 Å². The Bertz CT molecular complexity index is 1330. The molecule has 0 aliphatic rings. The van der Waals surface area contributed by atoms with Crippen LogP contribution in [0, 0.1) is 0 Å². The molecule has 166 valence electrons. The molecule has 0 spiro atoms. The van der Waals surface area contributed by atoms with Gasteiger partial charge in [-0.1, -0.05) is 48.5 Å². The largest absolute Gasteiger partial charge is 0.322 e. The molecule has 0 aliphatic carbocycles. The SMILES string of the molecule is O=C(Nc1ccc(S(=O)(=O)Nc2ncccn2)cc1)c1ccccc1CCc1ccccc1. The van der Waals surface area contributed by atoms with E-state index in [4.69, 9.17) is 0 Å². The van der Waals surface area contributed by atoms with E-state index in [9.17, 15) is 13.2 Å². The molecule has 0 radical (unpaired) electrons. The molecule has 0 bridgehead atoms. The van der Waals surface area contributed by atoms with E-state index in [2.05, 4.69) is 32.1 Å². The highest BCUT2D eigenvalue weighted by Crippen LogP contribution is 2.19. The van der Waals surface area contributed by atoms with Gasteiger partial charge in [-0.3, -0.25) is 4.79 Å². The van der Waals surface area contributed by atoms with Crippen LogP contribution in [0.15, 0.2) is 102 Å². The van der Waals surface area contributed by atoms with E-state index in [0.717, 1.165) is 18.4 Å². The monoisotopic (exact) mass is 458 g/mol. The number of rotatable bonds is 8. The van der Waals surface area contributed by atoms with E-state index >= 15 is 0 Å². The van der Waals surface area contributed by atoms with E-state index in [1.165, 1.54) is 30.1 Å². The second-order valence-electron chi connectivity index (χ2n) is 7.30. The van der Waals surface area contributed by atoms with Gasteiger partial charge in [-0.25, -0.2) is 23.1 Å². The number of aryl methyl sites for hydroxylation is 2. The van der Waals surface area contributed by atoms with E-state index in [1.807, 2.05) is 36.4 Å². The van der Waals surface area contributed by atoms with Crippen molar-refractivity contribution in [1.29, 1.82) is 0 Å². The number of sulfonamides is 1. The molecule has 0 atom stereocenters. The topological polar surface area (TPSA) is 101 Å². The molecule has 0 saturated heterocycles. The zero-order chi connectivity index (χ0) is 23.1. The number of amides is 1. The Kier molecular flexibility index (Phi) is 6.75. The molecule has 4 rings (SSSR count). The maximum absolute atomic E-state index is 12.9. The molecule has 8 heteroatoms. The van der Waals surface area contributed by atoms with Crippen molar-refractivity contribution in [2.45, 2.75) is 17.7 Å². The molecule has 1 aromatic heterocycles. The molecule has 7 nitrogen and oxygen atoms in total. The number of benzene rings is 3. The van der Waals surface area contributed by atoms with Gasteiger partial charge in [0.1, 0.15) is 0 Å². The van der Waals surface area contributed by atoms with Crippen molar-refractivity contribution in [2.24, 2.45) is 0 Å². The number of hydrogen-bond acceptors (Lipinski definition) is 5. The van der Waals surface area contributed by atoms with Gasteiger partial charge < -0.3 is 5.32 Å². The van der Waals surface area contributed by atoms with Crippen LogP contribution in [-0.4, -0.2) is 24.3 Å². The average Bonchev–Trinajstić information content (AvgIpc) is 2.84. The second-order valence-corrected chi connectivity index (χ2v) is 8.98. The smallest absolute Gasteiger partial charge is 0.264 e. The number of hydrogen-bond donors (Lipinski definition) is 2. The summed E-state index contributed by atoms with van der Waals surface area (Å²) in [6.07, 6.45) is 4.45. The number of carbonyl (C=O) groups is 1. The molecule has 4 aromatic rings. The van der Waals surface area contributed by atoms with Crippen LogP contribution in [0.3, 0.4) is 0 Å². The quantitative estimate of drug-likeness (QED) is 0.410. The third kappa shape index (κ3) is 5.81. The van der Waals surface area contributed by atoms with Gasteiger partial charge in [0.25, 0.3) is 15.9 Å². The molecular weight excluding hydrogens is 436 g/mol. The third-order valence-corrected chi connectivity index (χ3v) is 6.35. The number of nitrogens with one attached hydrogen (secondary N) is 2.